The van der Waals surface area contributed by atoms with Crippen LogP contribution in [-0.2, 0) is 43.2 Å². The van der Waals surface area contributed by atoms with Gasteiger partial charge in [-0.1, -0.05) is 59.2 Å². The molecule has 0 aliphatic carbocycles. The van der Waals surface area contributed by atoms with Crippen LogP contribution in [0.1, 0.15) is 0 Å². The Balaban J connectivity index is -0.00000000101. The Morgan fingerprint density at radius 1 is 0.0809 bits per heavy atom. The molecule has 0 aromatic carbocycles. The third kappa shape index (κ3) is 987. The molecule has 434 valence electrons. The predicted octanol–water partition coefficient (Wildman–Crippen LogP) is -56.7. The van der Waals surface area contributed by atoms with Crippen molar-refractivity contribution in [2.45, 2.75) is 0 Å². The normalized spacial score (nSPS) is 2.12. The molecule has 0 saturated heterocycles. The van der Waals surface area contributed by atoms with E-state index in [-0.39, 0.29) is 2690 Å². The first-order valence-corrected chi connectivity index (χ1v) is 10.1. The summed E-state index contributed by atoms with van der Waals surface area (Å²) in [5.41, 5.74) is 0. The zero-order chi connectivity index (χ0) is 38.6. The maximum absolute atomic E-state index is 9.25. The van der Waals surface area contributed by atoms with Crippen LogP contribution in [0.3, 0.4) is 0 Å². The number of carboxylic acid groups (broad SMARTS) is 9. The molecule has 0 atom stereocenters. The zero-order valence-corrected chi connectivity index (χ0v) is 23.8. The molecular weight excluding hydrogens is 2700 g/mol. The van der Waals surface area contributed by atoms with Gasteiger partial charge in [-0.2, -0.15) is 0 Å². The van der Waals surface area contributed by atoms with Crippen molar-refractivity contribution in [3.05, 3.63) is 114 Å². The summed E-state index contributed by atoms with van der Waals surface area (Å²) in [4.78, 5) is 83.2. The van der Waals surface area contributed by atoms with E-state index in [2.05, 4.69) is 59.2 Å². The molecular formula is C27H127Na91O18. The fraction of sp³-hybridized carbons (Fsp3) is 0. The number of aliphatic carboxylic acids is 9. The van der Waals surface area contributed by atoms with E-state index in [4.69, 9.17) is 46.0 Å². The Bertz CT molecular complexity index is 885. The van der Waals surface area contributed by atoms with Crippen molar-refractivity contribution in [3.63, 3.8) is 0 Å². The predicted molar refractivity (Wildman–Crippen MR) is 811 cm³/mol. The van der Waals surface area contributed by atoms with Gasteiger partial charge >= 0.3 is 2740 Å². The van der Waals surface area contributed by atoms with Crippen LogP contribution in [0.2, 0.25) is 0 Å². The number of hydrogen-bond acceptors (Lipinski definition) is 9. The monoisotopic (exact) mass is 2830 g/mol. The standard InChI is InChI=1S/9C3H4O2.91Na.91H/c9*1-2-3(4)5;;;;;;;;;;;;;;;;;;;;;;;;;;;;;;;;;;;;;;;;;;;;;;;;;;;;;;;;;;;;;;;;;;;;;;;;;;;;;;;;;;;;;;;;;;;;;;;;;;;;;;;;;;;;;;;;;;;;;;;;;;;;;;;;;;;;;;;;;;;;;;;;;;;;;;;;;;;;;;;;;;;;;;;;;;;;;;;;;;;;;;/h9*2H,1H2,(H,4,5);;;;;;;;;;;;;;;;;;;;;;;;;;;;;;;;;;;;;;;;;;;;;;;;;;;;;;;;;;;;;;;;;;;;;;;;;;;;;;;;;;;;;;;;;;;;;;;;;;;;;;;;;;;;;;;;;;;;;;;;;;;;;;;;;;;;;;;;;;;;;;;;;;;;;;;;;;;;;;;;;;;;;;;;;;;;;;;;;;;;;;. The zero-order valence-electron chi connectivity index (χ0n) is 23.8. The molecule has 0 aliphatic heterocycles. The number of hydrogen-bond donors (Lipinski definition) is 9. The van der Waals surface area contributed by atoms with Gasteiger partial charge in [0, 0.05) is 54.7 Å². The van der Waals surface area contributed by atoms with Crippen LogP contribution in [0.25, 0.3) is 0 Å². The minimum atomic E-state index is -0.981. The summed E-state index contributed by atoms with van der Waals surface area (Å²) in [6, 6.07) is 0. The van der Waals surface area contributed by atoms with Crippen molar-refractivity contribution >= 4 is 2740 Å². The molecule has 0 unspecified atom stereocenters. The van der Waals surface area contributed by atoms with E-state index < -0.39 is 53.7 Å². The third-order valence-electron chi connectivity index (χ3n) is 1.57. The summed E-state index contributed by atoms with van der Waals surface area (Å²) in [5.74, 6) is -8.83. The van der Waals surface area contributed by atoms with Crippen molar-refractivity contribution in [1.82, 2.24) is 0 Å². The molecule has 0 aromatic heterocycles. The van der Waals surface area contributed by atoms with Crippen molar-refractivity contribution in [2.75, 3.05) is 0 Å². The number of carbonyl (C=O) groups is 9. The van der Waals surface area contributed by atoms with Gasteiger partial charge in [0.15, 0.2) is 0 Å². The quantitative estimate of drug-likeness (QED) is 0.0765. The summed E-state index contributed by atoms with van der Waals surface area (Å²) in [6.45, 7) is 26.6. The Kier molecular flexibility index (Phi) is 3900. The Hall–Kier alpha value is 83.9. The molecule has 136 heavy (non-hydrogen) atoms. The average Bonchev–Trinajstić information content (AvgIpc) is 2.99. The van der Waals surface area contributed by atoms with Crippen LogP contribution < -0.4 is 0 Å². The van der Waals surface area contributed by atoms with Crippen molar-refractivity contribution in [3.8, 4) is 0 Å². The molecule has 18 nitrogen and oxygen atoms in total. The molecule has 109 heteroatoms. The maximum atomic E-state index is 9.25. The van der Waals surface area contributed by atoms with Gasteiger partial charge in [-0.15, -0.1) is 0 Å². The molecule has 0 radical (unpaired) electrons. The van der Waals surface area contributed by atoms with Crippen molar-refractivity contribution in [2.24, 2.45) is 0 Å². The second-order valence-corrected chi connectivity index (χ2v) is 4.88. The first-order valence-electron chi connectivity index (χ1n) is 10.1. The van der Waals surface area contributed by atoms with Gasteiger partial charge in [-0.3, -0.25) is 0 Å². The Morgan fingerprint density at radius 3 is 0.0882 bits per heavy atom. The summed E-state index contributed by atoms with van der Waals surface area (Å²) >= 11 is 0. The molecule has 0 spiro atoms. The fourth-order valence-corrected chi connectivity index (χ4v) is 0. The summed E-state index contributed by atoms with van der Waals surface area (Å²) in [6.07, 6.45) is 7.50. The topological polar surface area (TPSA) is 336 Å². The molecule has 0 aliphatic rings. The van der Waals surface area contributed by atoms with Gasteiger partial charge in [0.1, 0.15) is 0 Å². The summed E-state index contributed by atoms with van der Waals surface area (Å²) in [7, 11) is 0. The van der Waals surface area contributed by atoms with Crippen LogP contribution in [0.5, 0.6) is 0 Å². The van der Waals surface area contributed by atoms with Gasteiger partial charge in [0.2, 0.25) is 0 Å². The van der Waals surface area contributed by atoms with Gasteiger partial charge in [-0.25, -0.2) is 43.2 Å². The van der Waals surface area contributed by atoms with Gasteiger partial charge in [0.05, 0.1) is 0 Å². The second-order valence-electron chi connectivity index (χ2n) is 4.88. The van der Waals surface area contributed by atoms with E-state index in [1.807, 2.05) is 0 Å². The van der Waals surface area contributed by atoms with Crippen LogP contribution in [-0.4, -0.2) is 2790 Å². The molecule has 0 saturated carbocycles. The van der Waals surface area contributed by atoms with E-state index in [9.17, 15) is 43.2 Å². The Labute approximate surface area is 2840 Å². The van der Waals surface area contributed by atoms with Crippen molar-refractivity contribution < 1.29 is 89.1 Å². The molecule has 0 heterocycles. The molecule has 9 N–H and O–H groups in total. The molecule has 0 fully saturated rings. The van der Waals surface area contributed by atoms with Gasteiger partial charge in [-0.05, 0) is 0 Å². The van der Waals surface area contributed by atoms with E-state index in [0.29, 0.717) is 0 Å². The summed E-state index contributed by atoms with van der Waals surface area (Å²) < 4.78 is 0. The van der Waals surface area contributed by atoms with E-state index in [1.54, 1.807) is 0 Å². The Morgan fingerprint density at radius 2 is 0.0882 bits per heavy atom. The first-order chi connectivity index (χ1) is 20.4. The van der Waals surface area contributed by atoms with E-state index in [0.717, 1.165) is 54.7 Å². The molecule has 0 bridgehead atoms. The molecule has 0 aromatic rings. The second kappa shape index (κ2) is 723. The third-order valence-corrected chi connectivity index (χ3v) is 1.57. The number of carboxylic acids is 9. The fourth-order valence-electron chi connectivity index (χ4n) is 0. The molecule has 0 amide bonds. The van der Waals surface area contributed by atoms with Gasteiger partial charge < -0.3 is 46.0 Å². The van der Waals surface area contributed by atoms with Gasteiger partial charge in [0.25, 0.3) is 0 Å². The SMILES string of the molecule is C=CC(=O)O.C=CC(=O)O.C=CC(=O)O.C=CC(=O)O.C=CC(=O)O.C=CC(=O)O.C=CC(=O)O.C=CC(=O)O.C=CC(=O)O.[NaH].[NaH].[NaH].[NaH].[NaH].[NaH].[NaH].[NaH].[NaH].[NaH].[NaH].[NaH].[NaH].[NaH].[NaH].[NaH].[NaH].[NaH].[NaH].[NaH].[NaH].[NaH].[NaH].[NaH].[NaH].[NaH].[NaH].[NaH].[NaH].[NaH].[NaH].[NaH].[NaH].[NaH].[NaH].[NaH].[NaH].[NaH].[NaH].[NaH].[NaH].[NaH].[NaH].[NaH].[NaH].[NaH].[NaH].[NaH].[NaH].[NaH].[NaH].[NaH].[NaH].[NaH].[NaH].[NaH].[NaH].[NaH].[NaH].[NaH].[NaH].[NaH].[NaH].[NaH].[NaH].[NaH].[NaH].[NaH].[NaH].[NaH].[NaH].[NaH].[NaH].[NaH].[NaH].[NaH].[NaH].[NaH].[NaH].[NaH].[NaH].[NaH].[NaH].[NaH].[NaH].[NaH].[NaH].[NaH].[NaH].[NaH].[NaH]. The van der Waals surface area contributed by atoms with Crippen LogP contribution in [0.15, 0.2) is 114 Å². The van der Waals surface area contributed by atoms with E-state index in [1.165, 1.54) is 0 Å². The van der Waals surface area contributed by atoms with E-state index >= 15 is 0 Å². The minimum absolute atomic E-state index is 0. The van der Waals surface area contributed by atoms with Crippen LogP contribution in [0, 0.1) is 0 Å². The summed E-state index contributed by atoms with van der Waals surface area (Å²) in [5, 5.41) is 68.4. The first kappa shape index (κ1) is 733. The van der Waals surface area contributed by atoms with Crippen LogP contribution in [0.4, 0.5) is 0 Å². The molecule has 0 rings (SSSR count). The van der Waals surface area contributed by atoms with Crippen molar-refractivity contribution in [1.29, 1.82) is 0 Å². The van der Waals surface area contributed by atoms with Crippen LogP contribution >= 0.6 is 0 Å². The average molecular weight is 2830 g/mol. The number of rotatable bonds is 9.